The summed E-state index contributed by atoms with van der Waals surface area (Å²) in [4.78, 5) is 3.47. The van der Waals surface area contributed by atoms with Crippen LogP contribution < -0.4 is 14.2 Å². The van der Waals surface area contributed by atoms with Gasteiger partial charge in [0.25, 0.3) is 0 Å². The Morgan fingerprint density at radius 1 is 1.07 bits per heavy atom. The summed E-state index contributed by atoms with van der Waals surface area (Å²) >= 11 is 0. The molecule has 3 rings (SSSR count). The fourth-order valence-corrected chi connectivity index (χ4v) is 2.69. The van der Waals surface area contributed by atoms with Crippen molar-refractivity contribution < 1.29 is 23.7 Å². The van der Waals surface area contributed by atoms with Crippen LogP contribution in [-0.2, 0) is 9.47 Å². The van der Waals surface area contributed by atoms with Crippen LogP contribution in [0.2, 0.25) is 0 Å². The van der Waals surface area contributed by atoms with Crippen LogP contribution in [0.15, 0.2) is 42.5 Å². The first-order chi connectivity index (χ1) is 13.3. The summed E-state index contributed by atoms with van der Waals surface area (Å²) in [6, 6.07) is 12.5. The molecule has 0 N–H and O–H groups in total. The van der Waals surface area contributed by atoms with E-state index < -0.39 is 0 Å². The fourth-order valence-electron chi connectivity index (χ4n) is 2.69. The Bertz CT molecular complexity index is 780. The molecule has 2 aromatic carbocycles. The topological polar surface area (TPSA) is 50.5 Å². The average molecular weight is 369 g/mol. The lowest BCUT2D eigenvalue weighted by Crippen LogP contribution is -2.25. The summed E-state index contributed by atoms with van der Waals surface area (Å²) in [5, 5.41) is 0. The quantitative estimate of drug-likeness (QED) is 0.486. The number of ether oxygens (including phenoxy) is 5. The number of rotatable bonds is 8. The highest BCUT2D eigenvalue weighted by Gasteiger charge is 2.18. The summed E-state index contributed by atoms with van der Waals surface area (Å²) in [7, 11) is 1.63. The van der Waals surface area contributed by atoms with E-state index in [2.05, 4.69) is 4.85 Å². The number of hydrogen-bond acceptors (Lipinski definition) is 5. The molecule has 0 radical (unpaired) electrons. The van der Waals surface area contributed by atoms with Gasteiger partial charge in [0.05, 0.1) is 19.8 Å². The molecule has 27 heavy (non-hydrogen) atoms. The fraction of sp³-hybridized carbons (Fsp3) is 0.381. The van der Waals surface area contributed by atoms with Gasteiger partial charge in [0.2, 0.25) is 0 Å². The summed E-state index contributed by atoms with van der Waals surface area (Å²) in [6.45, 7) is 8.90. The number of hydrogen-bond donors (Lipinski definition) is 0. The van der Waals surface area contributed by atoms with Crippen molar-refractivity contribution in [3.05, 3.63) is 53.9 Å². The van der Waals surface area contributed by atoms with E-state index in [1.165, 1.54) is 0 Å². The first-order valence-electron chi connectivity index (χ1n) is 8.98. The minimum Gasteiger partial charge on any atom is -0.491 e. The van der Waals surface area contributed by atoms with Crippen LogP contribution in [0.1, 0.15) is 19.3 Å². The van der Waals surface area contributed by atoms with Gasteiger partial charge >= 0.3 is 0 Å². The van der Waals surface area contributed by atoms with Gasteiger partial charge in [-0.05, 0) is 37.1 Å². The second-order valence-corrected chi connectivity index (χ2v) is 6.08. The third-order valence-electron chi connectivity index (χ3n) is 4.04. The summed E-state index contributed by atoms with van der Waals surface area (Å²) < 4.78 is 28.2. The Morgan fingerprint density at radius 2 is 1.96 bits per heavy atom. The maximum atomic E-state index is 7.23. The summed E-state index contributed by atoms with van der Waals surface area (Å²) in [5.41, 5.74) is 0.491. The largest absolute Gasteiger partial charge is 0.491 e. The number of nitrogens with zero attached hydrogens (tertiary/aromatic N) is 1. The molecule has 6 heteroatoms. The minimum atomic E-state index is -0.314. The first kappa shape index (κ1) is 19.0. The Kier molecular flexibility index (Phi) is 6.91. The van der Waals surface area contributed by atoms with Crippen LogP contribution >= 0.6 is 0 Å². The van der Waals surface area contributed by atoms with E-state index in [-0.39, 0.29) is 6.29 Å². The van der Waals surface area contributed by atoms with E-state index in [9.17, 15) is 0 Å². The van der Waals surface area contributed by atoms with Crippen molar-refractivity contribution in [2.75, 3.05) is 26.9 Å². The third-order valence-corrected chi connectivity index (χ3v) is 4.04. The molecule has 142 valence electrons. The predicted molar refractivity (Wildman–Crippen MR) is 101 cm³/mol. The van der Waals surface area contributed by atoms with E-state index >= 15 is 0 Å². The van der Waals surface area contributed by atoms with Crippen molar-refractivity contribution in [1.82, 2.24) is 0 Å². The monoisotopic (exact) mass is 369 g/mol. The maximum Gasteiger partial charge on any atom is 0.199 e. The third kappa shape index (κ3) is 5.61. The molecule has 1 atom stereocenters. The van der Waals surface area contributed by atoms with E-state index in [1.54, 1.807) is 31.4 Å². The van der Waals surface area contributed by atoms with Gasteiger partial charge in [-0.3, -0.25) is 0 Å². The van der Waals surface area contributed by atoms with Crippen LogP contribution in [-0.4, -0.2) is 33.2 Å². The molecule has 0 amide bonds. The average Bonchev–Trinajstić information content (AvgIpc) is 2.71. The Morgan fingerprint density at radius 3 is 2.74 bits per heavy atom. The van der Waals surface area contributed by atoms with Gasteiger partial charge < -0.3 is 23.7 Å². The van der Waals surface area contributed by atoms with Gasteiger partial charge in [0.15, 0.2) is 23.5 Å². The van der Waals surface area contributed by atoms with E-state index in [1.807, 2.05) is 18.2 Å². The molecule has 1 aliphatic heterocycles. The van der Waals surface area contributed by atoms with Crippen LogP contribution in [0.5, 0.6) is 23.0 Å². The molecule has 0 spiro atoms. The standard InChI is InChI=1S/C21H23NO5/c1-22-16-9-10-19(20(14-16)27-21-8-3-4-11-25-21)26-18-7-5-6-17(15-18)24-13-12-23-2/h5-7,9-10,14-15,21H,3-4,8,11-13H2,2H3. The highest BCUT2D eigenvalue weighted by atomic mass is 16.7. The molecule has 1 heterocycles. The molecule has 0 aliphatic carbocycles. The molecule has 6 nitrogen and oxygen atoms in total. The van der Waals surface area contributed by atoms with E-state index in [0.717, 1.165) is 19.3 Å². The van der Waals surface area contributed by atoms with Crippen molar-refractivity contribution in [3.63, 3.8) is 0 Å². The molecule has 0 saturated carbocycles. The molecule has 2 aromatic rings. The second kappa shape index (κ2) is 9.81. The lowest BCUT2D eigenvalue weighted by molar-refractivity contribution is -0.106. The van der Waals surface area contributed by atoms with Crippen molar-refractivity contribution in [3.8, 4) is 23.0 Å². The van der Waals surface area contributed by atoms with Gasteiger partial charge in [-0.15, -0.1) is 0 Å². The van der Waals surface area contributed by atoms with Crippen LogP contribution in [0.4, 0.5) is 5.69 Å². The van der Waals surface area contributed by atoms with Gasteiger partial charge in [-0.1, -0.05) is 12.1 Å². The van der Waals surface area contributed by atoms with Crippen LogP contribution in [0.25, 0.3) is 4.85 Å². The van der Waals surface area contributed by atoms with Crippen molar-refractivity contribution in [1.29, 1.82) is 0 Å². The van der Waals surface area contributed by atoms with E-state index in [0.29, 0.717) is 48.5 Å². The SMILES string of the molecule is [C-]#[N+]c1ccc(Oc2cccc(OCCOC)c2)c(OC2CCCCO2)c1. The van der Waals surface area contributed by atoms with E-state index in [4.69, 9.17) is 30.3 Å². The van der Waals surface area contributed by atoms with Crippen LogP contribution in [0.3, 0.4) is 0 Å². The highest BCUT2D eigenvalue weighted by molar-refractivity contribution is 5.56. The Hall–Kier alpha value is -2.75. The molecule has 1 aliphatic rings. The number of methoxy groups -OCH3 is 1. The number of benzene rings is 2. The van der Waals surface area contributed by atoms with Gasteiger partial charge in [-0.2, -0.15) is 0 Å². The van der Waals surface area contributed by atoms with Gasteiger partial charge in [0, 0.05) is 19.6 Å². The second-order valence-electron chi connectivity index (χ2n) is 6.08. The smallest absolute Gasteiger partial charge is 0.199 e. The molecule has 0 aromatic heterocycles. The normalized spacial score (nSPS) is 16.4. The van der Waals surface area contributed by atoms with Crippen molar-refractivity contribution in [2.24, 2.45) is 0 Å². The Balaban J connectivity index is 1.75. The molecule has 0 bridgehead atoms. The lowest BCUT2D eigenvalue weighted by atomic mass is 10.2. The molecular formula is C21H23NO5. The predicted octanol–water partition coefficient (Wildman–Crippen LogP) is 4.96. The van der Waals surface area contributed by atoms with Gasteiger partial charge in [-0.25, -0.2) is 4.85 Å². The zero-order valence-corrected chi connectivity index (χ0v) is 15.3. The summed E-state index contributed by atoms with van der Waals surface area (Å²) in [5.74, 6) is 2.35. The van der Waals surface area contributed by atoms with Crippen LogP contribution in [0, 0.1) is 6.57 Å². The summed E-state index contributed by atoms with van der Waals surface area (Å²) in [6.07, 6.45) is 2.61. The molecule has 1 saturated heterocycles. The first-order valence-corrected chi connectivity index (χ1v) is 8.98. The highest BCUT2D eigenvalue weighted by Crippen LogP contribution is 2.37. The lowest BCUT2D eigenvalue weighted by Gasteiger charge is -2.24. The molecule has 1 unspecified atom stereocenters. The van der Waals surface area contributed by atoms with Gasteiger partial charge in [0.1, 0.15) is 18.1 Å². The molecular weight excluding hydrogens is 346 g/mol. The molecule has 1 fully saturated rings. The zero-order valence-electron chi connectivity index (χ0n) is 15.3. The Labute approximate surface area is 159 Å². The minimum absolute atomic E-state index is 0.314. The maximum absolute atomic E-state index is 7.23. The van der Waals surface area contributed by atoms with Crippen molar-refractivity contribution >= 4 is 5.69 Å². The zero-order chi connectivity index (χ0) is 18.9. The van der Waals surface area contributed by atoms with Crippen molar-refractivity contribution in [2.45, 2.75) is 25.6 Å².